The number of fused-ring (bicyclic) bond motifs is 3. The number of aromatic amines is 2. The predicted molar refractivity (Wildman–Crippen MR) is 75.8 cm³/mol. The lowest BCUT2D eigenvalue weighted by Crippen LogP contribution is -2.28. The smallest absolute Gasteiger partial charge is 0.314 e. The fraction of sp³-hybridized carbons (Fsp3) is 0. The van der Waals surface area contributed by atoms with E-state index in [4.69, 9.17) is 0 Å². The van der Waals surface area contributed by atoms with Gasteiger partial charge in [-0.1, -0.05) is 12.1 Å². The van der Waals surface area contributed by atoms with Gasteiger partial charge < -0.3 is 9.97 Å². The molecule has 0 saturated carbocycles. The summed E-state index contributed by atoms with van der Waals surface area (Å²) in [5, 5.41) is 0. The highest BCUT2D eigenvalue weighted by molar-refractivity contribution is 5.94. The molecule has 6 nitrogen and oxygen atoms in total. The first-order valence-electron chi connectivity index (χ1n) is 6.03. The summed E-state index contributed by atoms with van der Waals surface area (Å²) in [5.74, 6) is 0. The van der Waals surface area contributed by atoms with Gasteiger partial charge in [0.05, 0.1) is 33.1 Å². The van der Waals surface area contributed by atoms with E-state index >= 15 is 0 Å². The summed E-state index contributed by atoms with van der Waals surface area (Å²) in [4.78, 5) is 36.8. The van der Waals surface area contributed by atoms with Crippen LogP contribution in [-0.4, -0.2) is 19.9 Å². The fourth-order valence-electron chi connectivity index (χ4n) is 2.23. The molecule has 0 aliphatic rings. The van der Waals surface area contributed by atoms with Gasteiger partial charge in [-0.2, -0.15) is 0 Å². The van der Waals surface area contributed by atoms with Crippen LogP contribution in [0, 0.1) is 0 Å². The average molecular weight is 264 g/mol. The van der Waals surface area contributed by atoms with Crippen molar-refractivity contribution in [3.8, 4) is 0 Å². The number of rotatable bonds is 0. The third-order valence-electron chi connectivity index (χ3n) is 3.18. The second kappa shape index (κ2) is 3.74. The van der Waals surface area contributed by atoms with Gasteiger partial charge in [0.1, 0.15) is 0 Å². The van der Waals surface area contributed by atoms with Crippen molar-refractivity contribution >= 4 is 33.1 Å². The molecule has 20 heavy (non-hydrogen) atoms. The lowest BCUT2D eigenvalue weighted by molar-refractivity contribution is 1.15. The molecule has 2 aromatic carbocycles. The molecule has 0 aliphatic carbocycles. The van der Waals surface area contributed by atoms with E-state index in [-0.39, 0.29) is 0 Å². The van der Waals surface area contributed by atoms with E-state index in [1.54, 1.807) is 12.1 Å². The van der Waals surface area contributed by atoms with E-state index in [1.807, 2.05) is 24.3 Å². The number of para-hydroxylation sites is 2. The second-order valence-electron chi connectivity index (χ2n) is 4.51. The zero-order valence-electron chi connectivity index (χ0n) is 10.2. The van der Waals surface area contributed by atoms with Crippen LogP contribution < -0.4 is 11.1 Å². The molecule has 2 aromatic heterocycles. The third kappa shape index (κ3) is 1.51. The zero-order chi connectivity index (χ0) is 13.7. The van der Waals surface area contributed by atoms with Gasteiger partial charge >= 0.3 is 11.1 Å². The highest BCUT2D eigenvalue weighted by Gasteiger charge is 2.05. The highest BCUT2D eigenvalue weighted by Crippen LogP contribution is 2.19. The molecule has 0 atom stereocenters. The van der Waals surface area contributed by atoms with Crippen molar-refractivity contribution < 1.29 is 0 Å². The standard InChI is InChI=1S/C14H8N4O2/c19-13-14(20)18-12-6-10-9(5-11(12)17-13)15-7-3-1-2-4-8(7)16-10/h1-6H,(H,17,19)(H,18,20). The molecule has 2 heterocycles. The number of nitrogens with one attached hydrogen (secondary N) is 2. The molecular weight excluding hydrogens is 256 g/mol. The van der Waals surface area contributed by atoms with Gasteiger partial charge in [-0.3, -0.25) is 9.59 Å². The lowest BCUT2D eigenvalue weighted by Gasteiger charge is -2.02. The molecule has 0 bridgehead atoms. The Hall–Kier alpha value is -3.02. The highest BCUT2D eigenvalue weighted by atomic mass is 16.2. The lowest BCUT2D eigenvalue weighted by atomic mass is 10.2. The first-order valence-corrected chi connectivity index (χ1v) is 6.03. The first kappa shape index (κ1) is 10.9. The monoisotopic (exact) mass is 264 g/mol. The number of hydrogen-bond donors (Lipinski definition) is 2. The van der Waals surface area contributed by atoms with E-state index < -0.39 is 11.1 Å². The molecule has 0 saturated heterocycles. The Kier molecular flexibility index (Phi) is 2.03. The minimum Gasteiger partial charge on any atom is -0.316 e. The molecule has 0 unspecified atom stereocenters. The summed E-state index contributed by atoms with van der Waals surface area (Å²) in [5.41, 5.74) is 2.62. The topological polar surface area (TPSA) is 91.5 Å². The molecule has 0 spiro atoms. The van der Waals surface area contributed by atoms with Crippen molar-refractivity contribution in [1.82, 2.24) is 19.9 Å². The van der Waals surface area contributed by atoms with Crippen molar-refractivity contribution in [2.45, 2.75) is 0 Å². The number of benzene rings is 2. The van der Waals surface area contributed by atoms with Gasteiger partial charge in [-0.25, -0.2) is 9.97 Å². The van der Waals surface area contributed by atoms with Crippen molar-refractivity contribution in [3.63, 3.8) is 0 Å². The summed E-state index contributed by atoms with van der Waals surface area (Å²) in [6, 6.07) is 11.0. The van der Waals surface area contributed by atoms with Crippen molar-refractivity contribution in [1.29, 1.82) is 0 Å². The Labute approximate surface area is 111 Å². The van der Waals surface area contributed by atoms with Crippen LogP contribution in [0.5, 0.6) is 0 Å². The third-order valence-corrected chi connectivity index (χ3v) is 3.18. The van der Waals surface area contributed by atoms with E-state index in [0.29, 0.717) is 22.1 Å². The molecule has 4 aromatic rings. The van der Waals surface area contributed by atoms with Crippen LogP contribution in [0.1, 0.15) is 0 Å². The maximum atomic E-state index is 11.3. The van der Waals surface area contributed by atoms with Crippen LogP contribution in [-0.2, 0) is 0 Å². The van der Waals surface area contributed by atoms with Crippen LogP contribution in [0.25, 0.3) is 33.1 Å². The SMILES string of the molecule is O=c1[nH]c2cc3nc4ccccc4nc3cc2[nH]c1=O. The van der Waals surface area contributed by atoms with E-state index in [9.17, 15) is 9.59 Å². The Balaban J connectivity index is 2.20. The van der Waals surface area contributed by atoms with Gasteiger partial charge in [0.2, 0.25) is 0 Å². The van der Waals surface area contributed by atoms with E-state index in [2.05, 4.69) is 19.9 Å². The normalized spacial score (nSPS) is 11.4. The minimum atomic E-state index is -0.675. The number of nitrogens with zero attached hydrogens (tertiary/aromatic N) is 2. The Morgan fingerprint density at radius 1 is 0.700 bits per heavy atom. The van der Waals surface area contributed by atoms with E-state index in [0.717, 1.165) is 11.0 Å². The summed E-state index contributed by atoms with van der Waals surface area (Å²) in [6.07, 6.45) is 0. The van der Waals surface area contributed by atoms with Crippen LogP contribution in [0.3, 0.4) is 0 Å². The first-order chi connectivity index (χ1) is 9.70. The predicted octanol–water partition coefficient (Wildman–Crippen LogP) is 1.31. The van der Waals surface area contributed by atoms with E-state index in [1.165, 1.54) is 0 Å². The summed E-state index contributed by atoms with van der Waals surface area (Å²) < 4.78 is 0. The maximum Gasteiger partial charge on any atom is 0.314 e. The molecule has 0 aliphatic heterocycles. The molecular formula is C14H8N4O2. The number of hydrogen-bond acceptors (Lipinski definition) is 4. The van der Waals surface area contributed by atoms with Crippen molar-refractivity contribution in [3.05, 3.63) is 57.1 Å². The molecule has 0 fully saturated rings. The fourth-order valence-corrected chi connectivity index (χ4v) is 2.23. The minimum absolute atomic E-state index is 0.534. The molecule has 4 rings (SSSR count). The van der Waals surface area contributed by atoms with Gasteiger partial charge in [0, 0.05) is 0 Å². The van der Waals surface area contributed by atoms with Crippen LogP contribution in [0.4, 0.5) is 0 Å². The van der Waals surface area contributed by atoms with Crippen molar-refractivity contribution in [2.24, 2.45) is 0 Å². The quantitative estimate of drug-likeness (QED) is 0.370. The molecule has 0 radical (unpaired) electrons. The van der Waals surface area contributed by atoms with Gasteiger partial charge in [0.15, 0.2) is 0 Å². The summed E-state index contributed by atoms with van der Waals surface area (Å²) >= 11 is 0. The van der Waals surface area contributed by atoms with Gasteiger partial charge in [-0.05, 0) is 24.3 Å². The van der Waals surface area contributed by atoms with Crippen molar-refractivity contribution in [2.75, 3.05) is 0 Å². The van der Waals surface area contributed by atoms with Crippen LogP contribution in [0.2, 0.25) is 0 Å². The van der Waals surface area contributed by atoms with Crippen LogP contribution >= 0.6 is 0 Å². The molecule has 2 N–H and O–H groups in total. The maximum absolute atomic E-state index is 11.3. The van der Waals surface area contributed by atoms with Crippen LogP contribution in [0.15, 0.2) is 46.0 Å². The Bertz CT molecular complexity index is 1010. The number of aromatic nitrogens is 4. The largest absolute Gasteiger partial charge is 0.316 e. The number of H-pyrrole nitrogens is 2. The average Bonchev–Trinajstić information content (AvgIpc) is 2.44. The summed E-state index contributed by atoms with van der Waals surface area (Å²) in [7, 11) is 0. The van der Waals surface area contributed by atoms with Gasteiger partial charge in [0.25, 0.3) is 0 Å². The zero-order valence-corrected chi connectivity index (χ0v) is 10.2. The second-order valence-corrected chi connectivity index (χ2v) is 4.51. The molecule has 6 heteroatoms. The molecule has 0 amide bonds. The molecule has 96 valence electrons. The summed E-state index contributed by atoms with van der Waals surface area (Å²) in [6.45, 7) is 0. The Morgan fingerprint density at radius 3 is 1.60 bits per heavy atom. The Morgan fingerprint density at radius 2 is 1.15 bits per heavy atom. The van der Waals surface area contributed by atoms with Gasteiger partial charge in [-0.15, -0.1) is 0 Å².